The Morgan fingerprint density at radius 2 is 1.95 bits per heavy atom. The second-order valence-corrected chi connectivity index (χ2v) is 5.94. The zero-order chi connectivity index (χ0) is 15.2. The normalized spacial score (nSPS) is 16.6. The molecule has 0 bridgehead atoms. The van der Waals surface area contributed by atoms with Crippen LogP contribution in [0.1, 0.15) is 43.2 Å². The number of hydrogen-bond donors (Lipinski definition) is 2. The monoisotopic (exact) mass is 289 g/mol. The van der Waals surface area contributed by atoms with E-state index >= 15 is 0 Å². The molecule has 0 radical (unpaired) electrons. The number of rotatable bonds is 6. The molecule has 4 nitrogen and oxygen atoms in total. The van der Waals surface area contributed by atoms with Gasteiger partial charge in [0.15, 0.2) is 0 Å². The van der Waals surface area contributed by atoms with Gasteiger partial charge in [0.2, 0.25) is 5.91 Å². The summed E-state index contributed by atoms with van der Waals surface area (Å²) in [4.78, 5) is 23.4. The van der Waals surface area contributed by atoms with Gasteiger partial charge in [-0.15, -0.1) is 0 Å². The summed E-state index contributed by atoms with van der Waals surface area (Å²) >= 11 is 0. The minimum Gasteiger partial charge on any atom is -0.480 e. The van der Waals surface area contributed by atoms with E-state index in [0.29, 0.717) is 18.8 Å². The Balaban J connectivity index is 1.94. The third-order valence-electron chi connectivity index (χ3n) is 4.27. The molecule has 1 atom stereocenters. The molecular weight excluding hydrogens is 266 g/mol. The van der Waals surface area contributed by atoms with Crippen molar-refractivity contribution < 1.29 is 14.7 Å². The third-order valence-corrected chi connectivity index (χ3v) is 4.27. The van der Waals surface area contributed by atoms with E-state index < -0.39 is 12.0 Å². The van der Waals surface area contributed by atoms with Crippen LogP contribution in [-0.2, 0) is 16.0 Å². The van der Waals surface area contributed by atoms with Crippen molar-refractivity contribution in [3.05, 3.63) is 35.4 Å². The number of nitrogens with one attached hydrogen (secondary N) is 1. The van der Waals surface area contributed by atoms with Gasteiger partial charge in [0.25, 0.3) is 0 Å². The van der Waals surface area contributed by atoms with E-state index in [1.54, 1.807) is 0 Å². The van der Waals surface area contributed by atoms with E-state index in [9.17, 15) is 14.7 Å². The molecule has 2 N–H and O–H groups in total. The van der Waals surface area contributed by atoms with Gasteiger partial charge in [-0.1, -0.05) is 37.1 Å². The van der Waals surface area contributed by atoms with Crippen LogP contribution < -0.4 is 5.32 Å². The van der Waals surface area contributed by atoms with E-state index in [-0.39, 0.29) is 5.91 Å². The van der Waals surface area contributed by atoms with Crippen LogP contribution in [0.25, 0.3) is 0 Å². The van der Waals surface area contributed by atoms with Crippen LogP contribution in [0.5, 0.6) is 0 Å². The maximum Gasteiger partial charge on any atom is 0.326 e. The zero-order valence-electron chi connectivity index (χ0n) is 12.5. The van der Waals surface area contributed by atoms with Gasteiger partial charge in [-0.2, -0.15) is 0 Å². The van der Waals surface area contributed by atoms with Crippen LogP contribution in [0.3, 0.4) is 0 Å². The average molecular weight is 289 g/mol. The highest BCUT2D eigenvalue weighted by Gasteiger charge is 2.24. The van der Waals surface area contributed by atoms with Gasteiger partial charge in [0, 0.05) is 12.8 Å². The molecule has 1 fully saturated rings. The summed E-state index contributed by atoms with van der Waals surface area (Å²) in [7, 11) is 0. The van der Waals surface area contributed by atoms with Crippen molar-refractivity contribution in [3.8, 4) is 0 Å². The van der Waals surface area contributed by atoms with Crippen molar-refractivity contribution in [2.45, 2.75) is 51.5 Å². The van der Waals surface area contributed by atoms with Gasteiger partial charge in [-0.05, 0) is 36.8 Å². The molecule has 21 heavy (non-hydrogen) atoms. The Morgan fingerprint density at radius 1 is 1.29 bits per heavy atom. The first-order valence-corrected chi connectivity index (χ1v) is 7.63. The Kier molecular flexibility index (Phi) is 5.37. The number of carboxylic acids is 1. The second-order valence-electron chi connectivity index (χ2n) is 5.94. The number of aliphatic carboxylic acids is 1. The zero-order valence-corrected chi connectivity index (χ0v) is 12.5. The lowest BCUT2D eigenvalue weighted by Gasteiger charge is -2.17. The molecule has 0 aromatic heterocycles. The third kappa shape index (κ3) is 4.59. The minimum atomic E-state index is -0.974. The fraction of sp³-hybridized carbons (Fsp3) is 0.529. The highest BCUT2D eigenvalue weighted by molar-refractivity contribution is 5.83. The molecule has 114 valence electrons. The topological polar surface area (TPSA) is 66.4 Å². The standard InChI is InChI=1S/C17H23NO3/c1-12-6-2-5-9-14(12)11-15(17(20)21)18-16(19)10-13-7-3-4-8-13/h2,5-6,9,13,15H,3-4,7-8,10-11H2,1H3,(H,18,19)(H,20,21)/t15-/m0/s1. The molecule has 2 rings (SSSR count). The molecule has 0 heterocycles. The second kappa shape index (κ2) is 7.25. The van der Waals surface area contributed by atoms with Crippen LogP contribution in [0.15, 0.2) is 24.3 Å². The van der Waals surface area contributed by atoms with E-state index in [2.05, 4.69) is 5.32 Å². The lowest BCUT2D eigenvalue weighted by molar-refractivity contribution is -0.141. The molecule has 1 aromatic rings. The molecule has 1 amide bonds. The molecule has 0 spiro atoms. The van der Waals surface area contributed by atoms with Crippen LogP contribution in [0.4, 0.5) is 0 Å². The Labute approximate surface area is 125 Å². The van der Waals surface area contributed by atoms with Crippen LogP contribution in [0.2, 0.25) is 0 Å². The average Bonchev–Trinajstić information content (AvgIpc) is 2.93. The van der Waals surface area contributed by atoms with Crippen molar-refractivity contribution in [2.75, 3.05) is 0 Å². The lowest BCUT2D eigenvalue weighted by Crippen LogP contribution is -2.42. The molecule has 4 heteroatoms. The molecule has 1 saturated carbocycles. The summed E-state index contributed by atoms with van der Waals surface area (Å²) in [6.07, 6.45) is 5.33. The molecule has 0 unspecified atom stereocenters. The SMILES string of the molecule is Cc1ccccc1C[C@H](NC(=O)CC1CCCC1)C(=O)O. The first-order chi connectivity index (χ1) is 10.1. The van der Waals surface area contributed by atoms with Crippen LogP contribution in [-0.4, -0.2) is 23.0 Å². The predicted molar refractivity (Wildman–Crippen MR) is 81.0 cm³/mol. The number of aryl methyl sites for hydroxylation is 1. The van der Waals surface area contributed by atoms with E-state index in [0.717, 1.165) is 24.0 Å². The van der Waals surface area contributed by atoms with Gasteiger partial charge in [-0.3, -0.25) is 4.79 Å². The maximum atomic E-state index is 12.0. The first-order valence-electron chi connectivity index (χ1n) is 7.63. The number of carbonyl (C=O) groups excluding carboxylic acids is 1. The van der Waals surface area contributed by atoms with Crippen LogP contribution in [0, 0.1) is 12.8 Å². The van der Waals surface area contributed by atoms with Gasteiger partial charge in [0.1, 0.15) is 6.04 Å². The Morgan fingerprint density at radius 3 is 2.57 bits per heavy atom. The Hall–Kier alpha value is -1.84. The van der Waals surface area contributed by atoms with Gasteiger partial charge in [0.05, 0.1) is 0 Å². The van der Waals surface area contributed by atoms with Gasteiger partial charge in [-0.25, -0.2) is 4.79 Å². The molecule has 0 aliphatic heterocycles. The molecule has 1 aliphatic carbocycles. The quantitative estimate of drug-likeness (QED) is 0.846. The smallest absolute Gasteiger partial charge is 0.326 e. The van der Waals surface area contributed by atoms with Crippen molar-refractivity contribution in [1.82, 2.24) is 5.32 Å². The van der Waals surface area contributed by atoms with E-state index in [4.69, 9.17) is 0 Å². The fourth-order valence-electron chi connectivity index (χ4n) is 2.99. The van der Waals surface area contributed by atoms with Gasteiger partial charge >= 0.3 is 5.97 Å². The first kappa shape index (κ1) is 15.5. The number of benzene rings is 1. The molecule has 0 saturated heterocycles. The van der Waals surface area contributed by atoms with E-state index in [1.165, 1.54) is 12.8 Å². The van der Waals surface area contributed by atoms with Gasteiger partial charge < -0.3 is 10.4 Å². The molecule has 1 aromatic carbocycles. The van der Waals surface area contributed by atoms with Crippen molar-refractivity contribution in [2.24, 2.45) is 5.92 Å². The summed E-state index contributed by atoms with van der Waals surface area (Å²) in [5.74, 6) is -0.682. The minimum absolute atomic E-state index is 0.136. The van der Waals surface area contributed by atoms with Crippen molar-refractivity contribution >= 4 is 11.9 Å². The number of amides is 1. The van der Waals surface area contributed by atoms with Crippen LogP contribution >= 0.6 is 0 Å². The van der Waals surface area contributed by atoms with Crippen molar-refractivity contribution in [3.63, 3.8) is 0 Å². The summed E-state index contributed by atoms with van der Waals surface area (Å²) in [5.41, 5.74) is 2.01. The van der Waals surface area contributed by atoms with Crippen molar-refractivity contribution in [1.29, 1.82) is 0 Å². The Bertz CT molecular complexity index is 507. The number of hydrogen-bond acceptors (Lipinski definition) is 2. The summed E-state index contributed by atoms with van der Waals surface area (Å²) < 4.78 is 0. The molecule has 1 aliphatic rings. The lowest BCUT2D eigenvalue weighted by atomic mass is 10.00. The molecular formula is C17H23NO3. The highest BCUT2D eigenvalue weighted by atomic mass is 16.4. The summed E-state index contributed by atoms with van der Waals surface area (Å²) in [5, 5.41) is 12.0. The van der Waals surface area contributed by atoms with E-state index in [1.807, 2.05) is 31.2 Å². The largest absolute Gasteiger partial charge is 0.480 e. The maximum absolute atomic E-state index is 12.0. The summed E-state index contributed by atoms with van der Waals surface area (Å²) in [6.45, 7) is 1.95. The summed E-state index contributed by atoms with van der Waals surface area (Å²) in [6, 6.07) is 6.83. The highest BCUT2D eigenvalue weighted by Crippen LogP contribution is 2.27. The fourth-order valence-corrected chi connectivity index (χ4v) is 2.99. The predicted octanol–water partition coefficient (Wildman–Crippen LogP) is 2.69. The number of carbonyl (C=O) groups is 2. The number of carboxylic acid groups (broad SMARTS) is 1.